The molecule has 0 saturated carbocycles. The molecule has 0 atom stereocenters. The average molecular weight is 489 g/mol. The second-order valence-electron chi connectivity index (χ2n) is 10.8. The summed E-state index contributed by atoms with van der Waals surface area (Å²) in [6.07, 6.45) is 0. The summed E-state index contributed by atoms with van der Waals surface area (Å²) in [6.45, 7) is 35.9. The van der Waals surface area contributed by atoms with E-state index in [0.717, 1.165) is 0 Å². The van der Waals surface area contributed by atoms with Crippen LogP contribution in [0.2, 0.25) is 0 Å². The summed E-state index contributed by atoms with van der Waals surface area (Å²) in [5.41, 5.74) is 5.02. The molecule has 0 unspecified atom stereocenters. The van der Waals surface area contributed by atoms with Gasteiger partial charge in [-0.2, -0.15) is 13.3 Å². The fourth-order valence-corrected chi connectivity index (χ4v) is 15.1. The zero-order chi connectivity index (χ0) is 24.6. The van der Waals surface area contributed by atoms with Crippen LogP contribution in [0.1, 0.15) is 66.5 Å². The second-order valence-corrected chi connectivity index (χ2v) is 21.7. The van der Waals surface area contributed by atoms with E-state index in [-0.39, 0.29) is 0 Å². The Morgan fingerprint density at radius 1 is 0.594 bits per heavy atom. The summed E-state index contributed by atoms with van der Waals surface area (Å²) >= 11 is 0. The molecule has 32 heavy (non-hydrogen) atoms. The van der Waals surface area contributed by atoms with E-state index in [1.165, 1.54) is 11.1 Å². The van der Waals surface area contributed by atoms with Crippen molar-refractivity contribution in [1.29, 1.82) is 0 Å². The first-order valence-electron chi connectivity index (χ1n) is 12.1. The quantitative estimate of drug-likeness (QED) is 0.262. The van der Waals surface area contributed by atoms with Crippen molar-refractivity contribution in [2.75, 3.05) is 6.66 Å². The molecular weight excluding hydrogens is 441 g/mol. The van der Waals surface area contributed by atoms with Gasteiger partial charge in [0.1, 0.15) is 0 Å². The summed E-state index contributed by atoms with van der Waals surface area (Å²) in [5.74, 6) is 0. The van der Waals surface area contributed by atoms with Gasteiger partial charge in [-0.15, -0.1) is 0 Å². The highest BCUT2D eigenvalue weighted by molar-refractivity contribution is 7.89. The minimum absolute atomic E-state index is 0.489. The van der Waals surface area contributed by atoms with E-state index in [1.54, 1.807) is 21.2 Å². The lowest BCUT2D eigenvalue weighted by Crippen LogP contribution is -2.39. The minimum Gasteiger partial charge on any atom is -0.174 e. The van der Waals surface area contributed by atoms with Crippen LogP contribution >= 0.6 is 22.4 Å². The molecule has 2 aromatic carbocycles. The smallest absolute Gasteiger partial charge is 0.0732 e. The van der Waals surface area contributed by atoms with E-state index in [0.29, 0.717) is 22.6 Å². The molecule has 0 nitrogen and oxygen atoms in total. The van der Waals surface area contributed by atoms with Gasteiger partial charge in [0.15, 0.2) is 0 Å². The third kappa shape index (κ3) is 5.05. The molecule has 0 spiro atoms. The first-order valence-corrected chi connectivity index (χ1v) is 18.1. The molecule has 0 aliphatic heterocycles. The van der Waals surface area contributed by atoms with Gasteiger partial charge >= 0.3 is 0 Å². The Morgan fingerprint density at radius 3 is 1.12 bits per heavy atom. The van der Waals surface area contributed by atoms with Crippen LogP contribution in [0.25, 0.3) is 0 Å². The molecule has 2 aromatic rings. The van der Waals surface area contributed by atoms with Gasteiger partial charge < -0.3 is 0 Å². The highest BCUT2D eigenvalue weighted by atomic mass is 31.2. The third-order valence-electron chi connectivity index (χ3n) is 7.57. The lowest BCUT2D eigenvalue weighted by molar-refractivity contribution is 1.00. The van der Waals surface area contributed by atoms with Crippen molar-refractivity contribution in [3.63, 3.8) is 0 Å². The molecule has 0 fully saturated rings. The van der Waals surface area contributed by atoms with Crippen LogP contribution in [0.3, 0.4) is 0 Å². The molecule has 0 amide bonds. The van der Waals surface area contributed by atoms with Crippen LogP contribution in [-0.4, -0.2) is 29.3 Å². The van der Waals surface area contributed by atoms with E-state index in [2.05, 4.69) is 112 Å². The molecule has 0 bridgehead atoms. The van der Waals surface area contributed by atoms with E-state index in [1.807, 2.05) is 0 Å². The predicted molar refractivity (Wildman–Crippen MR) is 159 cm³/mol. The minimum atomic E-state index is -1.55. The van der Waals surface area contributed by atoms with E-state index < -0.39 is 22.4 Å². The molecule has 0 N–H and O–H groups in total. The Labute approximate surface area is 202 Å². The SMILES string of the molecule is [CH2-][P+](c1cc(C)ccc1P(C)c1ccc(C)cc1[P+]([CH2-])(C(C)C)C(C)C)(C(C)C)C(C)C. The highest BCUT2D eigenvalue weighted by Gasteiger charge is 2.41. The van der Waals surface area contributed by atoms with Crippen LogP contribution < -0.4 is 21.2 Å². The number of hydrogen-bond donors (Lipinski definition) is 0. The van der Waals surface area contributed by atoms with Gasteiger partial charge in [0, 0.05) is 33.2 Å². The highest BCUT2D eigenvalue weighted by Crippen LogP contribution is 2.66. The van der Waals surface area contributed by atoms with E-state index in [4.69, 9.17) is 13.3 Å². The number of rotatable bonds is 8. The molecule has 3 heteroatoms. The van der Waals surface area contributed by atoms with Gasteiger partial charge in [0.05, 0.1) is 10.6 Å². The molecule has 178 valence electrons. The Kier molecular flexibility index (Phi) is 9.23. The summed E-state index contributed by atoms with van der Waals surface area (Å²) in [7, 11) is -3.59. The first-order chi connectivity index (χ1) is 14.7. The average Bonchev–Trinajstić information content (AvgIpc) is 2.71. The molecular formula is C29H47P3. The Morgan fingerprint density at radius 2 is 0.875 bits per heavy atom. The van der Waals surface area contributed by atoms with Crippen molar-refractivity contribution < 1.29 is 0 Å². The molecule has 0 aromatic heterocycles. The van der Waals surface area contributed by atoms with Crippen LogP contribution in [0, 0.1) is 27.2 Å². The zero-order valence-corrected chi connectivity index (χ0v) is 25.2. The van der Waals surface area contributed by atoms with E-state index in [9.17, 15) is 0 Å². The lowest BCUT2D eigenvalue weighted by Gasteiger charge is -2.42. The maximum atomic E-state index is 4.97. The summed E-state index contributed by atoms with van der Waals surface area (Å²) in [6, 6.07) is 14.4. The Balaban J connectivity index is 2.83. The lowest BCUT2D eigenvalue weighted by atomic mass is 10.2. The summed E-state index contributed by atoms with van der Waals surface area (Å²) in [5, 5.41) is 6.20. The summed E-state index contributed by atoms with van der Waals surface area (Å²) in [4.78, 5) is 0. The Bertz CT molecular complexity index is 832. The van der Waals surface area contributed by atoms with Crippen LogP contribution in [0.15, 0.2) is 36.4 Å². The molecule has 0 aliphatic rings. The van der Waals surface area contributed by atoms with Gasteiger partial charge in [-0.25, -0.2) is 0 Å². The van der Waals surface area contributed by atoms with Crippen LogP contribution in [0.4, 0.5) is 0 Å². The monoisotopic (exact) mass is 488 g/mol. The molecule has 0 heterocycles. The topological polar surface area (TPSA) is 0 Å². The number of benzene rings is 2. The standard InChI is InChI=1S/C29H47P3/c1-20(2)31(12,21(3)4)28-18-24(9)14-16-26(28)30(11)27-17-15-25(10)19-29(27)32(13,22(5)6)23(7)8/h14-23H,12-13H2,1-11H3. The van der Waals surface area contributed by atoms with Gasteiger partial charge in [0.2, 0.25) is 0 Å². The second kappa shape index (κ2) is 10.6. The molecule has 0 aliphatic carbocycles. The van der Waals surface area contributed by atoms with Crippen molar-refractivity contribution in [3.8, 4) is 0 Å². The Hall–Kier alpha value is -0.270. The van der Waals surface area contributed by atoms with Crippen LogP contribution in [0.5, 0.6) is 0 Å². The van der Waals surface area contributed by atoms with Crippen molar-refractivity contribution >= 4 is 43.7 Å². The van der Waals surface area contributed by atoms with Crippen molar-refractivity contribution in [2.45, 2.75) is 91.9 Å². The maximum Gasteiger partial charge on any atom is 0.0732 e. The summed E-state index contributed by atoms with van der Waals surface area (Å²) < 4.78 is 0. The predicted octanol–water partition coefficient (Wildman–Crippen LogP) is 7.87. The fraction of sp³-hybridized carbons (Fsp3) is 0.517. The van der Waals surface area contributed by atoms with Crippen molar-refractivity contribution in [1.82, 2.24) is 0 Å². The molecule has 0 saturated heterocycles. The van der Waals surface area contributed by atoms with Crippen molar-refractivity contribution in [2.24, 2.45) is 0 Å². The third-order valence-corrected chi connectivity index (χ3v) is 20.1. The van der Waals surface area contributed by atoms with Gasteiger partial charge in [-0.05, 0) is 107 Å². The van der Waals surface area contributed by atoms with Crippen LogP contribution in [-0.2, 0) is 0 Å². The number of hydrogen-bond acceptors (Lipinski definition) is 0. The first kappa shape index (κ1) is 28.0. The largest absolute Gasteiger partial charge is 0.174 e. The fourth-order valence-electron chi connectivity index (χ4n) is 4.94. The maximum absolute atomic E-state index is 4.97. The van der Waals surface area contributed by atoms with E-state index >= 15 is 0 Å². The molecule has 0 radical (unpaired) electrons. The van der Waals surface area contributed by atoms with Gasteiger partial charge in [0.25, 0.3) is 0 Å². The van der Waals surface area contributed by atoms with Gasteiger partial charge in [-0.1, -0.05) is 38.8 Å². The number of aryl methyl sites for hydroxylation is 2. The zero-order valence-electron chi connectivity index (χ0n) is 22.5. The molecule has 2 rings (SSSR count). The van der Waals surface area contributed by atoms with Gasteiger partial charge in [-0.3, -0.25) is 0 Å². The normalized spacial score (nSPS) is 13.3. The van der Waals surface area contributed by atoms with Crippen molar-refractivity contribution in [3.05, 3.63) is 60.9 Å².